The predicted octanol–water partition coefficient (Wildman–Crippen LogP) is 4.44. The largest absolute Gasteiger partial charge is 0.350 e. The van der Waals surface area contributed by atoms with Gasteiger partial charge in [-0.1, -0.05) is 56.3 Å². The van der Waals surface area contributed by atoms with Gasteiger partial charge in [0.1, 0.15) is 5.82 Å². The number of carbonyl (C=O) groups is 1. The summed E-state index contributed by atoms with van der Waals surface area (Å²) in [7, 11) is -3.99. The third kappa shape index (κ3) is 6.18. The first-order valence-electron chi connectivity index (χ1n) is 10.8. The molecule has 3 rings (SSSR count). The molecule has 0 aliphatic carbocycles. The van der Waals surface area contributed by atoms with E-state index in [4.69, 9.17) is 0 Å². The maximum absolute atomic E-state index is 13.8. The number of rotatable bonds is 10. The fourth-order valence-electron chi connectivity index (χ4n) is 3.62. The van der Waals surface area contributed by atoms with Gasteiger partial charge in [0.05, 0.1) is 16.6 Å². The van der Waals surface area contributed by atoms with Crippen molar-refractivity contribution in [2.45, 2.75) is 24.8 Å². The fraction of sp³-hybridized carbons (Fsp3) is 0.240. The van der Waals surface area contributed by atoms with Crippen molar-refractivity contribution in [3.05, 3.63) is 95.8 Å². The zero-order valence-corrected chi connectivity index (χ0v) is 19.5. The molecule has 0 aliphatic heterocycles. The molecule has 3 aromatic rings. The quantitative estimate of drug-likeness (QED) is 0.460. The molecule has 0 bridgehead atoms. The molecule has 0 heterocycles. The van der Waals surface area contributed by atoms with Crippen molar-refractivity contribution in [3.63, 3.8) is 0 Å². The highest BCUT2D eigenvalue weighted by atomic mass is 32.2. The summed E-state index contributed by atoms with van der Waals surface area (Å²) in [4.78, 5) is 14.9. The number of para-hydroxylation sites is 1. The summed E-state index contributed by atoms with van der Waals surface area (Å²) in [6.07, 6.45) is 0. The minimum absolute atomic E-state index is 0.0229. The van der Waals surface area contributed by atoms with Gasteiger partial charge in [-0.05, 0) is 55.1 Å². The molecule has 0 fully saturated rings. The van der Waals surface area contributed by atoms with E-state index >= 15 is 0 Å². The molecule has 33 heavy (non-hydrogen) atoms. The van der Waals surface area contributed by atoms with Crippen molar-refractivity contribution >= 4 is 21.6 Å². The molecule has 6 nitrogen and oxygen atoms in total. The molecule has 0 spiro atoms. The Morgan fingerprint density at radius 3 is 2.12 bits per heavy atom. The maximum atomic E-state index is 13.8. The van der Waals surface area contributed by atoms with Crippen LogP contribution in [-0.4, -0.2) is 38.9 Å². The normalized spacial score (nSPS) is 12.4. The van der Waals surface area contributed by atoms with E-state index in [1.807, 2.05) is 30.3 Å². The van der Waals surface area contributed by atoms with Crippen molar-refractivity contribution in [2.24, 2.45) is 0 Å². The number of carbonyl (C=O) groups excluding carboxylic acids is 1. The number of anilines is 1. The number of sulfonamides is 1. The highest BCUT2D eigenvalue weighted by molar-refractivity contribution is 7.92. The molecule has 0 saturated heterocycles. The van der Waals surface area contributed by atoms with Crippen LogP contribution in [0.2, 0.25) is 0 Å². The predicted molar refractivity (Wildman–Crippen MR) is 128 cm³/mol. The Balaban J connectivity index is 1.70. The number of hydrogen-bond donors (Lipinski definition) is 2. The lowest BCUT2D eigenvalue weighted by atomic mass is 10.0. The second kappa shape index (κ2) is 11.1. The van der Waals surface area contributed by atoms with Crippen LogP contribution < -0.4 is 10.0 Å². The Labute approximate surface area is 194 Å². The van der Waals surface area contributed by atoms with Gasteiger partial charge in [0, 0.05) is 12.1 Å². The Morgan fingerprint density at radius 1 is 0.909 bits per heavy atom. The molecular formula is C25H28FN3O3S. The Bertz CT molecular complexity index is 1170. The first-order valence-corrected chi connectivity index (χ1v) is 12.3. The molecule has 1 amide bonds. The van der Waals surface area contributed by atoms with Crippen molar-refractivity contribution in [1.82, 2.24) is 10.2 Å². The van der Waals surface area contributed by atoms with Crippen molar-refractivity contribution in [1.29, 1.82) is 0 Å². The summed E-state index contributed by atoms with van der Waals surface area (Å²) in [5, 5.41) is 2.96. The molecule has 1 unspecified atom stereocenters. The van der Waals surface area contributed by atoms with Crippen LogP contribution in [0.3, 0.4) is 0 Å². The lowest BCUT2D eigenvalue weighted by Gasteiger charge is -2.30. The molecule has 8 heteroatoms. The molecule has 174 valence electrons. The van der Waals surface area contributed by atoms with E-state index in [2.05, 4.69) is 28.8 Å². The standard InChI is InChI=1S/C25H28FN3O3S/c1-3-29(4-2)24(19-10-6-5-7-11-19)18-27-25(30)20-14-16-21(17-15-20)33(31,32)28-23-13-9-8-12-22(23)26/h5-17,24,28H,3-4,18H2,1-2H3,(H,27,30). The number of nitrogens with one attached hydrogen (secondary N) is 2. The first kappa shape index (κ1) is 24.4. The van der Waals surface area contributed by atoms with Gasteiger partial charge in [-0.15, -0.1) is 0 Å². The van der Waals surface area contributed by atoms with Gasteiger partial charge >= 0.3 is 0 Å². The molecular weight excluding hydrogens is 441 g/mol. The Morgan fingerprint density at radius 2 is 1.52 bits per heavy atom. The lowest BCUT2D eigenvalue weighted by Crippen LogP contribution is -2.38. The topological polar surface area (TPSA) is 78.5 Å². The van der Waals surface area contributed by atoms with E-state index in [0.717, 1.165) is 18.7 Å². The van der Waals surface area contributed by atoms with E-state index < -0.39 is 15.8 Å². The molecule has 0 radical (unpaired) electrons. The molecule has 1 atom stereocenters. The molecule has 2 N–H and O–H groups in total. The number of amides is 1. The van der Waals surface area contributed by atoms with E-state index in [-0.39, 0.29) is 22.5 Å². The van der Waals surface area contributed by atoms with Crippen LogP contribution in [0.15, 0.2) is 83.8 Å². The smallest absolute Gasteiger partial charge is 0.261 e. The van der Waals surface area contributed by atoms with Crippen molar-refractivity contribution < 1.29 is 17.6 Å². The molecule has 0 aromatic heterocycles. The van der Waals surface area contributed by atoms with E-state index in [9.17, 15) is 17.6 Å². The van der Waals surface area contributed by atoms with Gasteiger partial charge in [0.2, 0.25) is 0 Å². The zero-order chi connectivity index (χ0) is 23.8. The number of benzene rings is 3. The molecule has 0 aliphatic rings. The van der Waals surface area contributed by atoms with Gasteiger partial charge in [-0.3, -0.25) is 14.4 Å². The monoisotopic (exact) mass is 469 g/mol. The minimum Gasteiger partial charge on any atom is -0.350 e. The summed E-state index contributed by atoms with van der Waals surface area (Å²) >= 11 is 0. The van der Waals surface area contributed by atoms with Crippen molar-refractivity contribution in [2.75, 3.05) is 24.4 Å². The minimum atomic E-state index is -3.99. The maximum Gasteiger partial charge on any atom is 0.261 e. The van der Waals surface area contributed by atoms with E-state index in [1.165, 1.54) is 48.5 Å². The highest BCUT2D eigenvalue weighted by Crippen LogP contribution is 2.21. The summed E-state index contributed by atoms with van der Waals surface area (Å²) in [6.45, 7) is 6.26. The summed E-state index contributed by atoms with van der Waals surface area (Å²) in [5.74, 6) is -0.965. The van der Waals surface area contributed by atoms with Crippen LogP contribution in [0.1, 0.15) is 35.8 Å². The van der Waals surface area contributed by atoms with Crippen LogP contribution in [0, 0.1) is 5.82 Å². The number of hydrogen-bond acceptors (Lipinski definition) is 4. The molecule has 3 aromatic carbocycles. The van der Waals surface area contributed by atoms with Gasteiger partial charge < -0.3 is 5.32 Å². The summed E-state index contributed by atoms with van der Waals surface area (Å²) in [5.41, 5.74) is 1.32. The number of halogens is 1. The van der Waals surface area contributed by atoms with Gasteiger partial charge in [0.25, 0.3) is 15.9 Å². The third-order valence-corrected chi connectivity index (χ3v) is 6.82. The van der Waals surface area contributed by atoms with Crippen LogP contribution in [-0.2, 0) is 10.0 Å². The second-order valence-corrected chi connectivity index (χ2v) is 9.15. The second-order valence-electron chi connectivity index (χ2n) is 7.47. The average molecular weight is 470 g/mol. The van der Waals surface area contributed by atoms with Crippen LogP contribution >= 0.6 is 0 Å². The van der Waals surface area contributed by atoms with Gasteiger partial charge in [-0.25, -0.2) is 12.8 Å². The van der Waals surface area contributed by atoms with Crippen LogP contribution in [0.5, 0.6) is 0 Å². The Hall–Kier alpha value is -3.23. The SMILES string of the molecule is CCN(CC)C(CNC(=O)c1ccc(S(=O)(=O)Nc2ccccc2F)cc1)c1ccccc1. The number of likely N-dealkylation sites (N-methyl/N-ethyl adjacent to an activating group) is 1. The first-order chi connectivity index (χ1) is 15.9. The van der Waals surface area contributed by atoms with E-state index in [1.54, 1.807) is 0 Å². The number of nitrogens with zero attached hydrogens (tertiary/aromatic N) is 1. The van der Waals surface area contributed by atoms with Gasteiger partial charge in [-0.2, -0.15) is 0 Å². The Kier molecular flexibility index (Phi) is 8.19. The summed E-state index contributed by atoms with van der Waals surface area (Å²) < 4.78 is 41.2. The summed E-state index contributed by atoms with van der Waals surface area (Å²) in [6, 6.07) is 21.1. The van der Waals surface area contributed by atoms with Crippen LogP contribution in [0.25, 0.3) is 0 Å². The van der Waals surface area contributed by atoms with Gasteiger partial charge in [0.15, 0.2) is 0 Å². The third-order valence-electron chi connectivity index (χ3n) is 5.44. The zero-order valence-electron chi connectivity index (χ0n) is 18.7. The van der Waals surface area contributed by atoms with E-state index in [0.29, 0.717) is 12.1 Å². The lowest BCUT2D eigenvalue weighted by molar-refractivity contribution is 0.0935. The molecule has 0 saturated carbocycles. The van der Waals surface area contributed by atoms with Crippen molar-refractivity contribution in [3.8, 4) is 0 Å². The average Bonchev–Trinajstić information content (AvgIpc) is 2.83. The highest BCUT2D eigenvalue weighted by Gasteiger charge is 2.20. The fourth-order valence-corrected chi connectivity index (χ4v) is 4.69. The van der Waals surface area contributed by atoms with Crippen LogP contribution in [0.4, 0.5) is 10.1 Å².